The van der Waals surface area contributed by atoms with Gasteiger partial charge in [0.1, 0.15) is 6.54 Å². The second kappa shape index (κ2) is 16.0. The summed E-state index contributed by atoms with van der Waals surface area (Å²) < 4.78 is 17.9. The highest BCUT2D eigenvalue weighted by Gasteiger charge is 2.35. The number of aliphatic hydroxyl groups excluding tert-OH is 2. The molecule has 2 aliphatic heterocycles. The zero-order valence-corrected chi connectivity index (χ0v) is 25.7. The molecule has 45 heavy (non-hydrogen) atoms. The van der Waals surface area contributed by atoms with E-state index in [1.165, 1.54) is 0 Å². The highest BCUT2D eigenvalue weighted by Crippen LogP contribution is 2.39. The largest absolute Gasteiger partial charge is 0.465 e. The van der Waals surface area contributed by atoms with Crippen LogP contribution in [-0.2, 0) is 32.2 Å². The van der Waals surface area contributed by atoms with Crippen LogP contribution in [0.15, 0.2) is 72.8 Å². The third-order valence-corrected chi connectivity index (χ3v) is 8.41. The Morgan fingerprint density at radius 3 is 2.44 bits per heavy atom. The summed E-state index contributed by atoms with van der Waals surface area (Å²) >= 11 is 0. The fourth-order valence-electron chi connectivity index (χ4n) is 6.02. The standard InChI is InChI=1S/C35H43N3O7/c1-2-43-33(41)20-37-35(42)36-19-28-6-3-4-8-31(28)25-13-15-27(16-14-25)34-44-30(21-38-17-5-7-29(38)23-40)18-32(45-34)26-11-9-24(22-39)10-12-26/h3-4,6,8-16,29-30,32,34,39-40H,2,5,7,17-23H2,1H3,(H2,36,37,42)/t29-,30-,32+,34+/m0/s1. The minimum Gasteiger partial charge on any atom is -0.465 e. The predicted molar refractivity (Wildman–Crippen MR) is 169 cm³/mol. The monoisotopic (exact) mass is 617 g/mol. The highest BCUT2D eigenvalue weighted by atomic mass is 16.7. The van der Waals surface area contributed by atoms with Crippen LogP contribution in [0.2, 0.25) is 0 Å². The van der Waals surface area contributed by atoms with E-state index in [1.54, 1.807) is 6.92 Å². The minimum atomic E-state index is -0.574. The molecule has 2 amide bonds. The van der Waals surface area contributed by atoms with Crippen molar-refractivity contribution in [2.24, 2.45) is 0 Å². The number of carbonyl (C=O) groups is 2. The first kappa shape index (κ1) is 32.6. The quantitative estimate of drug-likeness (QED) is 0.223. The number of rotatable bonds is 12. The van der Waals surface area contributed by atoms with Gasteiger partial charge in [0.05, 0.1) is 32.0 Å². The average Bonchev–Trinajstić information content (AvgIpc) is 3.53. The topological polar surface area (TPSA) is 130 Å². The number of esters is 1. The van der Waals surface area contributed by atoms with E-state index in [1.807, 2.05) is 72.8 Å². The van der Waals surface area contributed by atoms with E-state index in [9.17, 15) is 19.8 Å². The Balaban J connectivity index is 1.29. The fraction of sp³-hybridized carbons (Fsp3) is 0.429. The SMILES string of the molecule is CCOC(=O)CNC(=O)NCc1ccccc1-c1ccc([C@@H]2O[C@H](CN3CCC[C@H]3CO)C[C@H](c3ccc(CO)cc3)O2)cc1. The number of aliphatic hydroxyl groups is 2. The summed E-state index contributed by atoms with van der Waals surface area (Å²) in [7, 11) is 0. The first-order valence-corrected chi connectivity index (χ1v) is 15.7. The van der Waals surface area contributed by atoms with Crippen LogP contribution < -0.4 is 10.6 Å². The number of carbonyl (C=O) groups excluding carboxylic acids is 2. The van der Waals surface area contributed by atoms with E-state index in [0.717, 1.165) is 59.3 Å². The molecule has 10 heteroatoms. The molecule has 0 unspecified atom stereocenters. The summed E-state index contributed by atoms with van der Waals surface area (Å²) in [6.45, 7) is 3.88. The van der Waals surface area contributed by atoms with Crippen molar-refractivity contribution < 1.29 is 34.0 Å². The first-order valence-electron chi connectivity index (χ1n) is 15.7. The van der Waals surface area contributed by atoms with Crippen molar-refractivity contribution in [2.75, 3.05) is 32.8 Å². The number of amides is 2. The molecule has 2 heterocycles. The number of hydrogen-bond donors (Lipinski definition) is 4. The third kappa shape index (κ3) is 8.68. The van der Waals surface area contributed by atoms with Gasteiger partial charge < -0.3 is 35.1 Å². The molecule has 4 N–H and O–H groups in total. The van der Waals surface area contributed by atoms with Crippen molar-refractivity contribution in [3.63, 3.8) is 0 Å². The molecule has 0 radical (unpaired) electrons. The second-order valence-corrected chi connectivity index (χ2v) is 11.4. The summed E-state index contributed by atoms with van der Waals surface area (Å²) in [6.07, 6.45) is 1.91. The molecule has 4 atom stereocenters. The van der Waals surface area contributed by atoms with Crippen LogP contribution in [0.5, 0.6) is 0 Å². The number of nitrogens with zero attached hydrogens (tertiary/aromatic N) is 1. The van der Waals surface area contributed by atoms with E-state index in [2.05, 4.69) is 15.5 Å². The van der Waals surface area contributed by atoms with Crippen molar-refractivity contribution in [3.8, 4) is 11.1 Å². The van der Waals surface area contributed by atoms with Crippen molar-refractivity contribution in [1.82, 2.24) is 15.5 Å². The van der Waals surface area contributed by atoms with Gasteiger partial charge >= 0.3 is 12.0 Å². The molecule has 10 nitrogen and oxygen atoms in total. The lowest BCUT2D eigenvalue weighted by Gasteiger charge is -2.38. The van der Waals surface area contributed by atoms with Crippen molar-refractivity contribution in [3.05, 3.63) is 95.1 Å². The number of ether oxygens (including phenoxy) is 3. The third-order valence-electron chi connectivity index (χ3n) is 8.41. The summed E-state index contributed by atoms with van der Waals surface area (Å²) in [6, 6.07) is 23.5. The Morgan fingerprint density at radius 2 is 1.71 bits per heavy atom. The van der Waals surface area contributed by atoms with Crippen LogP contribution in [0.3, 0.4) is 0 Å². The summed E-state index contributed by atoms with van der Waals surface area (Å²) in [4.78, 5) is 26.1. The molecule has 0 aliphatic carbocycles. The van der Waals surface area contributed by atoms with Gasteiger partial charge in [0, 0.05) is 31.1 Å². The number of nitrogens with one attached hydrogen (secondary N) is 2. The zero-order valence-electron chi connectivity index (χ0n) is 25.7. The molecular weight excluding hydrogens is 574 g/mol. The van der Waals surface area contributed by atoms with Gasteiger partial charge in [0.15, 0.2) is 6.29 Å². The molecule has 3 aromatic rings. The summed E-state index contributed by atoms with van der Waals surface area (Å²) in [5.41, 5.74) is 5.67. The molecule has 0 aromatic heterocycles. The van der Waals surface area contributed by atoms with Crippen LogP contribution in [-0.4, -0.2) is 72.1 Å². The van der Waals surface area contributed by atoms with Gasteiger partial charge in [-0.05, 0) is 54.1 Å². The molecule has 0 spiro atoms. The average molecular weight is 618 g/mol. The minimum absolute atomic E-state index is 0.00804. The summed E-state index contributed by atoms with van der Waals surface area (Å²) in [5, 5.41) is 24.7. The molecule has 2 saturated heterocycles. The van der Waals surface area contributed by atoms with E-state index < -0.39 is 18.3 Å². The molecule has 3 aromatic carbocycles. The van der Waals surface area contributed by atoms with Crippen LogP contribution in [0, 0.1) is 0 Å². The first-order chi connectivity index (χ1) is 22.0. The van der Waals surface area contributed by atoms with Crippen molar-refractivity contribution in [2.45, 2.75) is 63.9 Å². The molecule has 2 aliphatic rings. The van der Waals surface area contributed by atoms with Gasteiger partial charge in [-0.1, -0.05) is 72.8 Å². The molecule has 0 saturated carbocycles. The van der Waals surface area contributed by atoms with Crippen LogP contribution in [0.1, 0.15) is 60.8 Å². The molecule has 0 bridgehead atoms. The lowest BCUT2D eigenvalue weighted by atomic mass is 9.97. The van der Waals surface area contributed by atoms with Gasteiger partial charge in [-0.15, -0.1) is 0 Å². The maximum atomic E-state index is 12.2. The molecule has 2 fully saturated rings. The fourth-order valence-corrected chi connectivity index (χ4v) is 6.02. The van der Waals surface area contributed by atoms with E-state index in [0.29, 0.717) is 6.42 Å². The van der Waals surface area contributed by atoms with Gasteiger partial charge in [0.25, 0.3) is 0 Å². The second-order valence-electron chi connectivity index (χ2n) is 11.4. The van der Waals surface area contributed by atoms with Gasteiger partial charge in [-0.25, -0.2) is 4.79 Å². The van der Waals surface area contributed by atoms with Crippen LogP contribution in [0.25, 0.3) is 11.1 Å². The predicted octanol–water partition coefficient (Wildman–Crippen LogP) is 4.21. The van der Waals surface area contributed by atoms with Crippen LogP contribution >= 0.6 is 0 Å². The maximum Gasteiger partial charge on any atom is 0.325 e. The Hall–Kier alpha value is -3.80. The highest BCUT2D eigenvalue weighted by molar-refractivity contribution is 5.81. The summed E-state index contributed by atoms with van der Waals surface area (Å²) in [5.74, 6) is -0.485. The Morgan fingerprint density at radius 1 is 0.956 bits per heavy atom. The zero-order chi connectivity index (χ0) is 31.6. The van der Waals surface area contributed by atoms with Crippen LogP contribution in [0.4, 0.5) is 4.79 Å². The molecule has 240 valence electrons. The Bertz CT molecular complexity index is 1400. The Kier molecular flexibility index (Phi) is 11.6. The molecule has 5 rings (SSSR count). The van der Waals surface area contributed by atoms with E-state index in [4.69, 9.17) is 14.2 Å². The molecular formula is C35H43N3O7. The Labute approximate surface area is 264 Å². The number of likely N-dealkylation sites (tertiary alicyclic amines) is 1. The van der Waals surface area contributed by atoms with Crippen molar-refractivity contribution in [1.29, 1.82) is 0 Å². The normalized spacial score (nSPS) is 21.8. The lowest BCUT2D eigenvalue weighted by Crippen LogP contribution is -2.42. The lowest BCUT2D eigenvalue weighted by molar-refractivity contribution is -0.253. The number of hydrogen-bond acceptors (Lipinski definition) is 8. The maximum absolute atomic E-state index is 12.2. The van der Waals surface area contributed by atoms with Gasteiger partial charge in [-0.3, -0.25) is 9.69 Å². The van der Waals surface area contributed by atoms with Gasteiger partial charge in [0.2, 0.25) is 0 Å². The number of urea groups is 1. The smallest absolute Gasteiger partial charge is 0.325 e. The van der Waals surface area contributed by atoms with E-state index in [-0.39, 0.29) is 51.2 Å². The van der Waals surface area contributed by atoms with E-state index >= 15 is 0 Å². The number of benzene rings is 3. The van der Waals surface area contributed by atoms with Crippen molar-refractivity contribution >= 4 is 12.0 Å². The van der Waals surface area contributed by atoms with Gasteiger partial charge in [-0.2, -0.15) is 0 Å².